The Hall–Kier alpha value is -3.37. The van der Waals surface area contributed by atoms with Gasteiger partial charge in [0.15, 0.2) is 16.5 Å². The monoisotopic (exact) mass is 575 g/mol. The topological polar surface area (TPSA) is 186 Å². The Morgan fingerprint density at radius 1 is 1.35 bits per heavy atom. The van der Waals surface area contributed by atoms with Gasteiger partial charge in [-0.3, -0.25) is 19.3 Å². The van der Waals surface area contributed by atoms with Crippen molar-refractivity contribution in [2.75, 3.05) is 24.8 Å². The first-order valence-electron chi connectivity index (χ1n) is 10.4. The molecule has 1 unspecified atom stereocenters. The number of carbonyl (C=O) groups is 5. The van der Waals surface area contributed by atoms with Crippen LogP contribution in [0.25, 0.3) is 0 Å². The van der Waals surface area contributed by atoms with Crippen LogP contribution in [0.4, 0.5) is 5.13 Å². The molecule has 1 aromatic rings. The fourth-order valence-corrected chi connectivity index (χ4v) is 5.54. The molecule has 1 saturated heterocycles. The number of carboxylic acids is 1. The average Bonchev–Trinajstić information content (AvgIpc) is 3.17. The molecule has 0 aliphatic carbocycles. The van der Waals surface area contributed by atoms with Gasteiger partial charge in [0, 0.05) is 0 Å². The van der Waals surface area contributed by atoms with Crippen LogP contribution in [0.15, 0.2) is 16.6 Å². The fourth-order valence-electron chi connectivity index (χ4n) is 3.23. The minimum Gasteiger partial charge on any atom is -0.498 e. The van der Waals surface area contributed by atoms with E-state index >= 15 is 0 Å². The van der Waals surface area contributed by atoms with Crippen LogP contribution < -0.4 is 10.6 Å². The molecule has 2 aliphatic rings. The summed E-state index contributed by atoms with van der Waals surface area (Å²) < 4.78 is 10.2. The lowest BCUT2D eigenvalue weighted by Crippen LogP contribution is -2.71. The highest BCUT2D eigenvalue weighted by molar-refractivity contribution is 8.00. The minimum atomic E-state index is -1.34. The molecule has 3 amide bonds. The number of amides is 3. The summed E-state index contributed by atoms with van der Waals surface area (Å²) in [7, 11) is 1.30. The zero-order valence-electron chi connectivity index (χ0n) is 19.9. The highest BCUT2D eigenvalue weighted by Crippen LogP contribution is 2.40. The lowest BCUT2D eigenvalue weighted by atomic mass is 10.0. The smallest absolute Gasteiger partial charge is 0.356 e. The number of aromatic nitrogens is 1. The second-order valence-electron chi connectivity index (χ2n) is 8.35. The third-order valence-corrected chi connectivity index (χ3v) is 7.07. The molecule has 3 heterocycles. The number of carboxylic acid groups (broad SMARTS) is 1. The number of fused-ring (bicyclic) bond motifs is 1. The van der Waals surface area contributed by atoms with E-state index < -0.39 is 53.1 Å². The summed E-state index contributed by atoms with van der Waals surface area (Å²) in [6, 6.07) is -1.11. The molecule has 1 fully saturated rings. The number of thioether (sulfide) groups is 1. The number of halogens is 1. The maximum absolute atomic E-state index is 13.2. The normalized spacial score (nSPS) is 19.4. The predicted octanol–water partition coefficient (Wildman–Crippen LogP) is 0.770. The SMILES string of the molecule is COC1=C(C(=O)O)N2C(=O)C(NC(=O)/C(=N/OCC(=O)OC(C)(C)C)c3nc(NC=O)sc3Cl)[C@H]2SC1. The molecule has 0 spiro atoms. The largest absolute Gasteiger partial charge is 0.498 e. The number of carbonyl (C=O) groups excluding carboxylic acids is 4. The van der Waals surface area contributed by atoms with E-state index in [2.05, 4.69) is 20.8 Å². The quantitative estimate of drug-likeness (QED) is 0.118. The molecule has 0 saturated carbocycles. The summed E-state index contributed by atoms with van der Waals surface area (Å²) >= 11 is 8.21. The van der Waals surface area contributed by atoms with Gasteiger partial charge in [-0.1, -0.05) is 28.1 Å². The van der Waals surface area contributed by atoms with Crippen molar-refractivity contribution in [2.24, 2.45) is 5.16 Å². The summed E-state index contributed by atoms with van der Waals surface area (Å²) in [6.45, 7) is 4.33. The van der Waals surface area contributed by atoms with Gasteiger partial charge in [-0.2, -0.15) is 0 Å². The number of thiazole rings is 1. The van der Waals surface area contributed by atoms with E-state index in [1.165, 1.54) is 18.9 Å². The first-order valence-corrected chi connectivity index (χ1v) is 12.7. The maximum Gasteiger partial charge on any atom is 0.356 e. The van der Waals surface area contributed by atoms with Gasteiger partial charge in [0.25, 0.3) is 11.8 Å². The number of nitrogens with one attached hydrogen (secondary N) is 2. The van der Waals surface area contributed by atoms with Gasteiger partial charge in [-0.15, -0.1) is 11.8 Å². The van der Waals surface area contributed by atoms with E-state index in [0.29, 0.717) is 6.41 Å². The highest BCUT2D eigenvalue weighted by Gasteiger charge is 2.55. The van der Waals surface area contributed by atoms with Crippen LogP contribution in [0.1, 0.15) is 26.5 Å². The van der Waals surface area contributed by atoms with E-state index in [-0.39, 0.29) is 32.4 Å². The van der Waals surface area contributed by atoms with E-state index in [1.807, 2.05) is 0 Å². The lowest BCUT2D eigenvalue weighted by Gasteiger charge is -2.48. The number of ether oxygens (including phenoxy) is 2. The molecular weight excluding hydrogens is 554 g/mol. The molecule has 3 rings (SSSR count). The fraction of sp³-hybridized carbons (Fsp3) is 0.450. The van der Waals surface area contributed by atoms with Crippen molar-refractivity contribution in [1.82, 2.24) is 15.2 Å². The Bertz CT molecular complexity index is 1190. The Labute approximate surface area is 223 Å². The molecule has 14 nitrogen and oxygen atoms in total. The third-order valence-electron chi connectivity index (χ3n) is 4.63. The molecule has 0 radical (unpaired) electrons. The van der Waals surface area contributed by atoms with Gasteiger partial charge < -0.3 is 30.1 Å². The summed E-state index contributed by atoms with van der Waals surface area (Å²) in [6.07, 6.45) is 0.360. The molecule has 17 heteroatoms. The Balaban J connectivity index is 1.82. The van der Waals surface area contributed by atoms with Gasteiger partial charge in [0.1, 0.15) is 32.8 Å². The molecule has 200 valence electrons. The van der Waals surface area contributed by atoms with Crippen LogP contribution in [0.2, 0.25) is 4.34 Å². The van der Waals surface area contributed by atoms with Gasteiger partial charge in [0.2, 0.25) is 13.0 Å². The first-order chi connectivity index (χ1) is 17.4. The van der Waals surface area contributed by atoms with E-state index in [4.69, 9.17) is 25.9 Å². The molecule has 2 atom stereocenters. The maximum atomic E-state index is 13.2. The second kappa shape index (κ2) is 11.4. The lowest BCUT2D eigenvalue weighted by molar-refractivity contribution is -0.160. The second-order valence-corrected chi connectivity index (χ2v) is 11.1. The first kappa shape index (κ1) is 28.2. The van der Waals surface area contributed by atoms with Gasteiger partial charge >= 0.3 is 11.9 Å². The minimum absolute atomic E-state index is 0.0337. The van der Waals surface area contributed by atoms with Crippen LogP contribution in [-0.4, -0.2) is 87.4 Å². The number of methoxy groups -OCH3 is 1. The van der Waals surface area contributed by atoms with Gasteiger partial charge in [0.05, 0.1) is 12.9 Å². The van der Waals surface area contributed by atoms with Crippen molar-refractivity contribution in [1.29, 1.82) is 0 Å². The molecular formula is C20H22ClN5O9S2. The van der Waals surface area contributed by atoms with Gasteiger partial charge in [-0.25, -0.2) is 14.6 Å². The zero-order chi connectivity index (χ0) is 27.5. The van der Waals surface area contributed by atoms with E-state index in [0.717, 1.165) is 16.2 Å². The standard InChI is InChI=1S/C20H22ClN5O9S2/c1-20(2,3)35-9(28)5-34-25-11(10-14(21)37-19(24-10)22-7-27)15(29)23-12-16(30)26-13(18(31)32)8(33-4)6-36-17(12)26/h7,12,17H,5-6H2,1-4H3,(H,23,29)(H,31,32)(H,22,24,27)/b25-11+/t12?,17-/m1/s1. The number of nitrogens with zero attached hydrogens (tertiary/aromatic N) is 3. The van der Waals surface area contributed by atoms with Crippen molar-refractivity contribution >= 4 is 75.7 Å². The van der Waals surface area contributed by atoms with Crippen molar-refractivity contribution in [2.45, 2.75) is 37.8 Å². The average molecular weight is 576 g/mol. The molecule has 37 heavy (non-hydrogen) atoms. The third kappa shape index (κ3) is 6.31. The van der Waals surface area contributed by atoms with Crippen LogP contribution in [0.5, 0.6) is 0 Å². The number of anilines is 1. The van der Waals surface area contributed by atoms with Crippen molar-refractivity contribution in [3.8, 4) is 0 Å². The number of esters is 1. The Morgan fingerprint density at radius 2 is 2.05 bits per heavy atom. The number of hydrogen-bond donors (Lipinski definition) is 3. The van der Waals surface area contributed by atoms with Crippen LogP contribution in [-0.2, 0) is 38.3 Å². The molecule has 3 N–H and O–H groups in total. The summed E-state index contributed by atoms with van der Waals surface area (Å²) in [5, 5.41) is 17.3. The van der Waals surface area contributed by atoms with E-state index in [1.54, 1.807) is 20.8 Å². The number of β-lactam (4-membered cyclic amide) rings is 1. The van der Waals surface area contributed by atoms with Crippen LogP contribution in [0, 0.1) is 0 Å². The Kier molecular flexibility index (Phi) is 8.65. The molecule has 0 aromatic carbocycles. The van der Waals surface area contributed by atoms with Crippen molar-refractivity contribution in [3.63, 3.8) is 0 Å². The van der Waals surface area contributed by atoms with Crippen molar-refractivity contribution < 1.29 is 43.4 Å². The molecule has 2 aliphatic heterocycles. The summed E-state index contributed by atoms with van der Waals surface area (Å²) in [5.41, 5.74) is -1.74. The Morgan fingerprint density at radius 3 is 2.65 bits per heavy atom. The van der Waals surface area contributed by atoms with Crippen LogP contribution >= 0.6 is 34.7 Å². The van der Waals surface area contributed by atoms with Gasteiger partial charge in [-0.05, 0) is 20.8 Å². The summed E-state index contributed by atoms with van der Waals surface area (Å²) in [5.74, 6) is -3.44. The molecule has 1 aromatic heterocycles. The molecule has 0 bridgehead atoms. The van der Waals surface area contributed by atoms with E-state index in [9.17, 15) is 29.1 Å². The number of aliphatic carboxylic acids is 1. The predicted molar refractivity (Wildman–Crippen MR) is 132 cm³/mol. The zero-order valence-corrected chi connectivity index (χ0v) is 22.3. The van der Waals surface area contributed by atoms with Crippen molar-refractivity contribution in [3.05, 3.63) is 21.5 Å². The highest BCUT2D eigenvalue weighted by atomic mass is 35.5. The summed E-state index contributed by atoms with van der Waals surface area (Å²) in [4.78, 5) is 70.4. The number of rotatable bonds is 10. The van der Waals surface area contributed by atoms with Crippen LogP contribution in [0.3, 0.4) is 0 Å². The number of hydrogen-bond acceptors (Lipinski definition) is 12. The number of oxime groups is 1.